The van der Waals surface area contributed by atoms with Crippen LogP contribution >= 0.6 is 0 Å². The molecule has 0 radical (unpaired) electrons. The van der Waals surface area contributed by atoms with Gasteiger partial charge in [0.05, 0.1) is 16.1 Å². The summed E-state index contributed by atoms with van der Waals surface area (Å²) in [6, 6.07) is 3.51. The van der Waals surface area contributed by atoms with Gasteiger partial charge in [-0.1, -0.05) is 0 Å². The van der Waals surface area contributed by atoms with Crippen LogP contribution in [0.15, 0.2) is 18.2 Å². The van der Waals surface area contributed by atoms with Crippen LogP contribution in [0.1, 0.15) is 33.6 Å². The molecule has 3 rings (SSSR count). The minimum Gasteiger partial charge on any atom is -0.341 e. The molecule has 0 aliphatic carbocycles. The topological polar surface area (TPSA) is 101 Å². The molecule has 1 aromatic carbocycles. The molecule has 2 aliphatic rings. The Morgan fingerprint density at radius 3 is 2.41 bits per heavy atom. The molecule has 1 aromatic rings. The molecular formula is C14H13N3O5. The first-order valence-corrected chi connectivity index (χ1v) is 6.91. The number of imide groups is 1. The molecule has 2 aliphatic heterocycles. The van der Waals surface area contributed by atoms with Gasteiger partial charge in [-0.3, -0.25) is 29.4 Å². The number of rotatable bonds is 3. The zero-order valence-electron chi connectivity index (χ0n) is 11.7. The number of benzene rings is 1. The Morgan fingerprint density at radius 2 is 1.77 bits per heavy atom. The molecule has 0 bridgehead atoms. The number of carbonyl (C=O) groups excluding carboxylic acids is 3. The molecule has 0 aromatic heterocycles. The van der Waals surface area contributed by atoms with Gasteiger partial charge in [-0.15, -0.1) is 0 Å². The van der Waals surface area contributed by atoms with Gasteiger partial charge in [0, 0.05) is 25.2 Å². The number of nitrogens with zero attached hydrogens (tertiary/aromatic N) is 3. The lowest BCUT2D eigenvalue weighted by Gasteiger charge is -2.19. The Kier molecular flexibility index (Phi) is 3.36. The quantitative estimate of drug-likeness (QED) is 0.467. The number of hydrogen-bond acceptors (Lipinski definition) is 5. The van der Waals surface area contributed by atoms with Crippen LogP contribution in [0.25, 0.3) is 0 Å². The summed E-state index contributed by atoms with van der Waals surface area (Å²) in [4.78, 5) is 49.1. The van der Waals surface area contributed by atoms with E-state index in [1.807, 2.05) is 0 Å². The van der Waals surface area contributed by atoms with E-state index in [-0.39, 0.29) is 29.3 Å². The second kappa shape index (κ2) is 5.21. The monoisotopic (exact) mass is 303 g/mol. The van der Waals surface area contributed by atoms with Crippen molar-refractivity contribution in [2.75, 3.05) is 19.6 Å². The van der Waals surface area contributed by atoms with E-state index in [4.69, 9.17) is 0 Å². The van der Waals surface area contributed by atoms with Gasteiger partial charge in [-0.05, 0) is 18.9 Å². The SMILES string of the molecule is O=C(CN1C(=O)c2ccc([N+](=O)[O-])cc2C1=O)N1CCCC1. The number of carbonyl (C=O) groups is 3. The molecule has 0 saturated carbocycles. The van der Waals surface area contributed by atoms with Crippen molar-refractivity contribution in [1.82, 2.24) is 9.80 Å². The Hall–Kier alpha value is -2.77. The largest absolute Gasteiger partial charge is 0.341 e. The van der Waals surface area contributed by atoms with Crippen LogP contribution in [0.5, 0.6) is 0 Å². The smallest absolute Gasteiger partial charge is 0.270 e. The van der Waals surface area contributed by atoms with Gasteiger partial charge in [-0.2, -0.15) is 0 Å². The highest BCUT2D eigenvalue weighted by molar-refractivity contribution is 6.22. The minimum atomic E-state index is -0.656. The molecule has 1 saturated heterocycles. The van der Waals surface area contributed by atoms with Crippen molar-refractivity contribution in [3.05, 3.63) is 39.4 Å². The molecule has 8 heteroatoms. The predicted octanol–water partition coefficient (Wildman–Crippen LogP) is 0.813. The first-order valence-electron chi connectivity index (χ1n) is 6.91. The third-order valence-corrected chi connectivity index (χ3v) is 3.92. The maximum atomic E-state index is 12.2. The summed E-state index contributed by atoms with van der Waals surface area (Å²) in [7, 11) is 0. The maximum Gasteiger partial charge on any atom is 0.270 e. The van der Waals surface area contributed by atoms with Crippen molar-refractivity contribution in [1.29, 1.82) is 0 Å². The molecule has 8 nitrogen and oxygen atoms in total. The first kappa shape index (κ1) is 14.2. The number of nitro groups is 1. The first-order chi connectivity index (χ1) is 10.5. The maximum absolute atomic E-state index is 12.2. The van der Waals surface area contributed by atoms with Crippen molar-refractivity contribution in [3.8, 4) is 0 Å². The summed E-state index contributed by atoms with van der Waals surface area (Å²) in [5, 5.41) is 10.8. The van der Waals surface area contributed by atoms with Crippen molar-refractivity contribution in [2.24, 2.45) is 0 Å². The van der Waals surface area contributed by atoms with Crippen LogP contribution in [-0.2, 0) is 4.79 Å². The molecule has 0 atom stereocenters. The highest BCUT2D eigenvalue weighted by Crippen LogP contribution is 2.26. The van der Waals surface area contributed by atoms with Crippen molar-refractivity contribution in [3.63, 3.8) is 0 Å². The molecule has 1 fully saturated rings. The van der Waals surface area contributed by atoms with Crippen molar-refractivity contribution in [2.45, 2.75) is 12.8 Å². The Labute approximate surface area is 125 Å². The molecule has 3 amide bonds. The molecule has 22 heavy (non-hydrogen) atoms. The Balaban J connectivity index is 1.83. The number of non-ortho nitro benzene ring substituents is 1. The van der Waals surface area contributed by atoms with Crippen LogP contribution in [0.4, 0.5) is 5.69 Å². The summed E-state index contributed by atoms with van der Waals surface area (Å²) in [5.41, 5.74) is -0.175. The summed E-state index contributed by atoms with van der Waals surface area (Å²) in [5.74, 6) is -1.51. The van der Waals surface area contributed by atoms with E-state index in [2.05, 4.69) is 0 Å². The highest BCUT2D eigenvalue weighted by Gasteiger charge is 2.38. The predicted molar refractivity (Wildman–Crippen MR) is 74.3 cm³/mol. The molecule has 0 unspecified atom stereocenters. The third-order valence-electron chi connectivity index (χ3n) is 3.92. The number of amides is 3. The van der Waals surface area contributed by atoms with E-state index in [0.29, 0.717) is 13.1 Å². The number of hydrogen-bond donors (Lipinski definition) is 0. The van der Waals surface area contributed by atoms with Gasteiger partial charge in [0.25, 0.3) is 17.5 Å². The summed E-state index contributed by atoms with van der Waals surface area (Å²) >= 11 is 0. The summed E-state index contributed by atoms with van der Waals surface area (Å²) in [6.07, 6.45) is 1.83. The number of nitro benzene ring substituents is 1. The van der Waals surface area contributed by atoms with E-state index in [1.54, 1.807) is 4.90 Å². The van der Waals surface area contributed by atoms with Crippen LogP contribution in [-0.4, -0.2) is 52.1 Å². The molecular weight excluding hydrogens is 290 g/mol. The molecule has 2 heterocycles. The fraction of sp³-hybridized carbons (Fsp3) is 0.357. The number of likely N-dealkylation sites (tertiary alicyclic amines) is 1. The van der Waals surface area contributed by atoms with Crippen molar-refractivity contribution < 1.29 is 19.3 Å². The summed E-state index contributed by atoms with van der Waals surface area (Å²) < 4.78 is 0. The van der Waals surface area contributed by atoms with E-state index in [9.17, 15) is 24.5 Å². The van der Waals surface area contributed by atoms with Crippen LogP contribution in [0.3, 0.4) is 0 Å². The van der Waals surface area contributed by atoms with Crippen LogP contribution in [0, 0.1) is 10.1 Å². The van der Waals surface area contributed by atoms with Gasteiger partial charge in [0.2, 0.25) is 5.91 Å². The second-order valence-electron chi connectivity index (χ2n) is 5.27. The van der Waals surface area contributed by atoms with Gasteiger partial charge in [0.15, 0.2) is 0 Å². The lowest BCUT2D eigenvalue weighted by molar-refractivity contribution is -0.384. The van der Waals surface area contributed by atoms with E-state index in [0.717, 1.165) is 23.8 Å². The number of fused-ring (bicyclic) bond motifs is 1. The van der Waals surface area contributed by atoms with Gasteiger partial charge >= 0.3 is 0 Å². The second-order valence-corrected chi connectivity index (χ2v) is 5.27. The summed E-state index contributed by atoms with van der Waals surface area (Å²) in [6.45, 7) is 0.946. The third kappa shape index (κ3) is 2.22. The molecule has 0 spiro atoms. The van der Waals surface area contributed by atoms with Gasteiger partial charge < -0.3 is 4.90 Å². The van der Waals surface area contributed by atoms with Crippen LogP contribution < -0.4 is 0 Å². The zero-order valence-corrected chi connectivity index (χ0v) is 11.7. The normalized spacial score (nSPS) is 17.1. The Bertz CT molecular complexity index is 694. The zero-order chi connectivity index (χ0) is 15.9. The average molecular weight is 303 g/mol. The Morgan fingerprint density at radius 1 is 1.14 bits per heavy atom. The average Bonchev–Trinajstić information content (AvgIpc) is 3.11. The fourth-order valence-electron chi connectivity index (χ4n) is 2.74. The molecule has 114 valence electrons. The van der Waals surface area contributed by atoms with E-state index in [1.165, 1.54) is 12.1 Å². The van der Waals surface area contributed by atoms with E-state index >= 15 is 0 Å². The highest BCUT2D eigenvalue weighted by atomic mass is 16.6. The van der Waals surface area contributed by atoms with Crippen molar-refractivity contribution >= 4 is 23.4 Å². The lowest BCUT2D eigenvalue weighted by atomic mass is 10.1. The fourth-order valence-corrected chi connectivity index (χ4v) is 2.74. The lowest BCUT2D eigenvalue weighted by Crippen LogP contribution is -2.41. The standard InChI is InChI=1S/C14H13N3O5/c18-12(15-5-1-2-6-15)8-16-13(19)10-4-3-9(17(21)22)7-11(10)14(16)20/h3-4,7H,1-2,5-6,8H2. The minimum absolute atomic E-state index is 0.0200. The van der Waals surface area contributed by atoms with Crippen LogP contribution in [0.2, 0.25) is 0 Å². The van der Waals surface area contributed by atoms with E-state index < -0.39 is 16.7 Å². The van der Waals surface area contributed by atoms with Gasteiger partial charge in [-0.25, -0.2) is 0 Å². The van der Waals surface area contributed by atoms with Gasteiger partial charge in [0.1, 0.15) is 6.54 Å². The molecule has 0 N–H and O–H groups in total.